The van der Waals surface area contributed by atoms with Gasteiger partial charge in [0.1, 0.15) is 5.75 Å². The lowest BCUT2D eigenvalue weighted by Crippen LogP contribution is -2.33. The Morgan fingerprint density at radius 2 is 2.22 bits per heavy atom. The Morgan fingerprint density at radius 1 is 1.39 bits per heavy atom. The number of carbonyl (C=O) groups is 1. The molecule has 1 aromatic carbocycles. The van der Waals surface area contributed by atoms with E-state index in [0.29, 0.717) is 13.2 Å². The number of benzene rings is 1. The van der Waals surface area contributed by atoms with Gasteiger partial charge in [0.05, 0.1) is 26.7 Å². The average Bonchev–Trinajstić information content (AvgIpc) is 2.46. The molecule has 98 valence electrons. The van der Waals surface area contributed by atoms with Crippen LogP contribution in [-0.2, 0) is 14.3 Å². The quantitative estimate of drug-likeness (QED) is 0.770. The van der Waals surface area contributed by atoms with Crippen LogP contribution in [0.25, 0.3) is 0 Å². The van der Waals surface area contributed by atoms with Gasteiger partial charge in [-0.05, 0) is 24.1 Å². The third-order valence-corrected chi connectivity index (χ3v) is 3.38. The van der Waals surface area contributed by atoms with Crippen molar-refractivity contribution in [1.29, 1.82) is 0 Å². The fourth-order valence-electron chi connectivity index (χ4n) is 2.39. The Morgan fingerprint density at radius 3 is 2.94 bits per heavy atom. The summed E-state index contributed by atoms with van der Waals surface area (Å²) in [6.45, 7) is 1.10. The van der Waals surface area contributed by atoms with Gasteiger partial charge in [-0.3, -0.25) is 4.79 Å². The third kappa shape index (κ3) is 2.64. The van der Waals surface area contributed by atoms with Gasteiger partial charge < -0.3 is 14.2 Å². The fourth-order valence-corrected chi connectivity index (χ4v) is 2.39. The molecule has 1 aliphatic heterocycles. The Bertz CT molecular complexity index is 416. The molecule has 0 bridgehead atoms. The molecule has 1 unspecified atom stereocenters. The molecule has 0 radical (unpaired) electrons. The highest BCUT2D eigenvalue weighted by Gasteiger charge is 2.33. The predicted octanol–water partition coefficient (Wildman–Crippen LogP) is 1.99. The first-order valence-electron chi connectivity index (χ1n) is 6.05. The Labute approximate surface area is 107 Å². The van der Waals surface area contributed by atoms with Gasteiger partial charge in [0.2, 0.25) is 0 Å². The van der Waals surface area contributed by atoms with Gasteiger partial charge in [-0.2, -0.15) is 0 Å². The minimum atomic E-state index is -0.226. The van der Waals surface area contributed by atoms with Crippen LogP contribution in [0.5, 0.6) is 5.75 Å². The van der Waals surface area contributed by atoms with Crippen molar-refractivity contribution in [3.05, 3.63) is 29.8 Å². The molecule has 2 rings (SSSR count). The average molecular weight is 250 g/mol. The van der Waals surface area contributed by atoms with Crippen molar-refractivity contribution in [1.82, 2.24) is 0 Å². The maximum atomic E-state index is 11.8. The fraction of sp³-hybridized carbons (Fsp3) is 0.500. The van der Waals surface area contributed by atoms with Gasteiger partial charge in [-0.1, -0.05) is 12.1 Å². The van der Waals surface area contributed by atoms with Gasteiger partial charge in [-0.25, -0.2) is 0 Å². The van der Waals surface area contributed by atoms with E-state index < -0.39 is 0 Å². The number of esters is 1. The molecule has 4 heteroatoms. The topological polar surface area (TPSA) is 44.8 Å². The molecular formula is C14H18O4. The van der Waals surface area contributed by atoms with Crippen molar-refractivity contribution < 1.29 is 19.0 Å². The number of rotatable bonds is 3. The van der Waals surface area contributed by atoms with Gasteiger partial charge in [0.15, 0.2) is 0 Å². The highest BCUT2D eigenvalue weighted by molar-refractivity contribution is 5.74. The zero-order valence-electron chi connectivity index (χ0n) is 10.7. The summed E-state index contributed by atoms with van der Waals surface area (Å²) >= 11 is 0. The molecule has 0 saturated carbocycles. The highest BCUT2D eigenvalue weighted by atomic mass is 16.5. The van der Waals surface area contributed by atoms with Crippen LogP contribution in [0.2, 0.25) is 0 Å². The van der Waals surface area contributed by atoms with Crippen LogP contribution >= 0.6 is 0 Å². The molecule has 0 aliphatic carbocycles. The first-order chi connectivity index (χ1) is 8.76. The maximum Gasteiger partial charge on any atom is 0.311 e. The molecule has 1 aliphatic rings. The summed E-state index contributed by atoms with van der Waals surface area (Å²) in [6, 6.07) is 7.84. The zero-order chi connectivity index (χ0) is 13.0. The van der Waals surface area contributed by atoms with E-state index in [1.165, 1.54) is 7.11 Å². The Hall–Kier alpha value is -1.55. The van der Waals surface area contributed by atoms with Crippen molar-refractivity contribution >= 4 is 5.97 Å². The second-order valence-corrected chi connectivity index (χ2v) is 4.38. The Kier molecular flexibility index (Phi) is 4.20. The van der Waals surface area contributed by atoms with E-state index in [-0.39, 0.29) is 17.8 Å². The molecule has 18 heavy (non-hydrogen) atoms. The number of methoxy groups -OCH3 is 2. The van der Waals surface area contributed by atoms with Gasteiger partial charge >= 0.3 is 5.97 Å². The normalized spacial score (nSPS) is 23.4. The summed E-state index contributed by atoms with van der Waals surface area (Å²) in [6.07, 6.45) is 0.826. The van der Waals surface area contributed by atoms with E-state index >= 15 is 0 Å². The summed E-state index contributed by atoms with van der Waals surface area (Å²) in [5, 5.41) is 0. The van der Waals surface area contributed by atoms with Crippen LogP contribution in [0, 0.1) is 5.92 Å². The van der Waals surface area contributed by atoms with Crippen LogP contribution in [-0.4, -0.2) is 33.4 Å². The van der Waals surface area contributed by atoms with Gasteiger partial charge in [0.25, 0.3) is 0 Å². The molecule has 1 aromatic rings. The molecule has 0 spiro atoms. The van der Waals surface area contributed by atoms with Crippen molar-refractivity contribution in [2.45, 2.75) is 12.3 Å². The lowest BCUT2D eigenvalue weighted by atomic mass is 9.82. The molecular weight excluding hydrogens is 232 g/mol. The van der Waals surface area contributed by atoms with Crippen molar-refractivity contribution in [3.63, 3.8) is 0 Å². The van der Waals surface area contributed by atoms with Crippen LogP contribution < -0.4 is 4.74 Å². The smallest absolute Gasteiger partial charge is 0.311 e. The SMILES string of the molecule is COC(=O)C1COCC[C@@H]1c1cccc(OC)c1. The molecule has 4 nitrogen and oxygen atoms in total. The first-order valence-corrected chi connectivity index (χ1v) is 6.05. The van der Waals surface area contributed by atoms with Gasteiger partial charge in [0, 0.05) is 12.5 Å². The maximum absolute atomic E-state index is 11.8. The van der Waals surface area contributed by atoms with Crippen molar-refractivity contribution in [2.24, 2.45) is 5.92 Å². The first kappa shape index (κ1) is 12.9. The van der Waals surface area contributed by atoms with Crippen molar-refractivity contribution in [2.75, 3.05) is 27.4 Å². The van der Waals surface area contributed by atoms with Crippen LogP contribution in [0.15, 0.2) is 24.3 Å². The second kappa shape index (κ2) is 5.87. The van der Waals surface area contributed by atoms with Gasteiger partial charge in [-0.15, -0.1) is 0 Å². The van der Waals surface area contributed by atoms with E-state index in [9.17, 15) is 4.79 Å². The highest BCUT2D eigenvalue weighted by Crippen LogP contribution is 2.34. The third-order valence-electron chi connectivity index (χ3n) is 3.38. The predicted molar refractivity (Wildman–Crippen MR) is 66.7 cm³/mol. The lowest BCUT2D eigenvalue weighted by molar-refractivity contribution is -0.150. The summed E-state index contributed by atoms with van der Waals surface area (Å²) < 4.78 is 15.4. The molecule has 1 fully saturated rings. The minimum absolute atomic E-state index is 0.140. The number of carbonyl (C=O) groups excluding carboxylic acids is 1. The molecule has 0 amide bonds. The van der Waals surface area contributed by atoms with E-state index in [1.54, 1.807) is 7.11 Å². The number of hydrogen-bond donors (Lipinski definition) is 0. The largest absolute Gasteiger partial charge is 0.497 e. The molecule has 0 aromatic heterocycles. The Balaban J connectivity index is 2.24. The number of ether oxygens (including phenoxy) is 3. The van der Waals surface area contributed by atoms with Crippen LogP contribution in [0.3, 0.4) is 0 Å². The van der Waals surface area contributed by atoms with Crippen molar-refractivity contribution in [3.8, 4) is 5.75 Å². The standard InChI is InChI=1S/C14H18O4/c1-16-11-5-3-4-10(8-11)12-6-7-18-9-13(12)14(15)17-2/h3-5,8,12-13H,6-7,9H2,1-2H3/t12-,13?/m1/s1. The van der Waals surface area contributed by atoms with Crippen LogP contribution in [0.4, 0.5) is 0 Å². The minimum Gasteiger partial charge on any atom is -0.497 e. The molecule has 1 heterocycles. The van der Waals surface area contributed by atoms with E-state index in [1.807, 2.05) is 24.3 Å². The summed E-state index contributed by atoms with van der Waals surface area (Å²) in [7, 11) is 3.06. The van der Waals surface area contributed by atoms with E-state index in [2.05, 4.69) is 0 Å². The van der Waals surface area contributed by atoms with E-state index in [0.717, 1.165) is 17.7 Å². The molecule has 2 atom stereocenters. The summed E-state index contributed by atoms with van der Waals surface area (Å²) in [5.41, 5.74) is 1.10. The molecule has 0 N–H and O–H groups in total. The lowest BCUT2D eigenvalue weighted by Gasteiger charge is -2.30. The second-order valence-electron chi connectivity index (χ2n) is 4.38. The summed E-state index contributed by atoms with van der Waals surface area (Å²) in [4.78, 5) is 11.8. The number of hydrogen-bond acceptors (Lipinski definition) is 4. The zero-order valence-corrected chi connectivity index (χ0v) is 10.7. The summed E-state index contributed by atoms with van der Waals surface area (Å²) in [5.74, 6) is 0.516. The molecule has 1 saturated heterocycles. The van der Waals surface area contributed by atoms with E-state index in [4.69, 9.17) is 14.2 Å². The monoisotopic (exact) mass is 250 g/mol. The van der Waals surface area contributed by atoms with Crippen LogP contribution in [0.1, 0.15) is 17.9 Å².